The van der Waals surface area contributed by atoms with Crippen molar-refractivity contribution in [2.45, 2.75) is 6.54 Å². The van der Waals surface area contributed by atoms with Crippen LogP contribution < -0.4 is 4.80 Å². The van der Waals surface area contributed by atoms with Gasteiger partial charge in [0, 0.05) is 27.7 Å². The maximum Gasteiger partial charge on any atom is 0.231 e. The van der Waals surface area contributed by atoms with Crippen molar-refractivity contribution in [3.63, 3.8) is 0 Å². The monoisotopic (exact) mass is 437 g/mol. The molecular weight excluding hydrogens is 426 g/mol. The van der Waals surface area contributed by atoms with E-state index in [0.717, 1.165) is 31.8 Å². The SMILES string of the molecule is Clc1ccccc1/C=N/c1nnc(CN=c2nnc3c([nH]c4ccccc43)s2)s1. The molecule has 7 nitrogen and oxygen atoms in total. The summed E-state index contributed by atoms with van der Waals surface area (Å²) in [5, 5.41) is 19.8. The van der Waals surface area contributed by atoms with E-state index < -0.39 is 0 Å². The van der Waals surface area contributed by atoms with Crippen molar-refractivity contribution >= 4 is 66.9 Å². The average molecular weight is 438 g/mol. The molecule has 5 rings (SSSR count). The second-order valence-electron chi connectivity index (χ2n) is 6.01. The average Bonchev–Trinajstić information content (AvgIpc) is 3.35. The quantitative estimate of drug-likeness (QED) is 0.418. The molecule has 0 radical (unpaired) electrons. The van der Waals surface area contributed by atoms with Gasteiger partial charge in [-0.1, -0.05) is 70.7 Å². The van der Waals surface area contributed by atoms with Crippen molar-refractivity contribution in [1.29, 1.82) is 0 Å². The highest BCUT2D eigenvalue weighted by Crippen LogP contribution is 2.23. The smallest absolute Gasteiger partial charge is 0.231 e. The fraction of sp³-hybridized carbons (Fsp3) is 0.0526. The standard InChI is InChI=1S/C19H12ClN7S2/c20-13-7-3-1-5-11(13)9-21-18-26-24-15(28-18)10-22-19-27-25-16-12-6-2-4-8-14(12)23-17(16)29-19/h1-9,23H,10H2/b21-9+,22-19?. The zero-order chi connectivity index (χ0) is 19.6. The highest BCUT2D eigenvalue weighted by atomic mass is 35.5. The van der Waals surface area contributed by atoms with Crippen LogP contribution in [-0.2, 0) is 6.54 Å². The Bertz CT molecular complexity index is 1420. The van der Waals surface area contributed by atoms with Crippen LogP contribution in [0.5, 0.6) is 0 Å². The van der Waals surface area contributed by atoms with Crippen LogP contribution in [-0.4, -0.2) is 31.6 Å². The van der Waals surface area contributed by atoms with Gasteiger partial charge in [-0.3, -0.25) is 0 Å². The van der Waals surface area contributed by atoms with Crippen LogP contribution in [0.15, 0.2) is 58.5 Å². The second-order valence-corrected chi connectivity index (χ2v) is 8.43. The van der Waals surface area contributed by atoms with Crippen molar-refractivity contribution in [3.05, 3.63) is 68.9 Å². The number of benzene rings is 2. The summed E-state index contributed by atoms with van der Waals surface area (Å²) in [5.74, 6) is 0. The third-order valence-electron chi connectivity index (χ3n) is 4.10. The predicted octanol–water partition coefficient (Wildman–Crippen LogP) is 4.53. The van der Waals surface area contributed by atoms with E-state index in [1.165, 1.54) is 22.7 Å². The van der Waals surface area contributed by atoms with E-state index in [1.807, 2.05) is 48.5 Å². The zero-order valence-corrected chi connectivity index (χ0v) is 17.2. The number of nitrogens with zero attached hydrogens (tertiary/aromatic N) is 6. The predicted molar refractivity (Wildman–Crippen MR) is 117 cm³/mol. The number of hydrogen-bond donors (Lipinski definition) is 1. The molecule has 0 bridgehead atoms. The Balaban J connectivity index is 1.36. The maximum absolute atomic E-state index is 6.13. The third kappa shape index (κ3) is 3.80. The van der Waals surface area contributed by atoms with Crippen molar-refractivity contribution in [1.82, 2.24) is 25.4 Å². The molecule has 0 saturated carbocycles. The van der Waals surface area contributed by atoms with Crippen LogP contribution in [0.3, 0.4) is 0 Å². The van der Waals surface area contributed by atoms with Gasteiger partial charge in [0.2, 0.25) is 9.93 Å². The molecule has 0 unspecified atom stereocenters. The van der Waals surface area contributed by atoms with Crippen LogP contribution in [0.25, 0.3) is 21.3 Å². The lowest BCUT2D eigenvalue weighted by atomic mass is 10.2. The first-order valence-electron chi connectivity index (χ1n) is 8.62. The van der Waals surface area contributed by atoms with Gasteiger partial charge in [-0.2, -0.15) is 0 Å². The maximum atomic E-state index is 6.13. The van der Waals surface area contributed by atoms with E-state index in [4.69, 9.17) is 11.6 Å². The number of aliphatic imine (C=N–C) groups is 1. The van der Waals surface area contributed by atoms with E-state index in [9.17, 15) is 0 Å². The number of rotatable bonds is 4. The van der Waals surface area contributed by atoms with Crippen LogP contribution in [0.1, 0.15) is 10.6 Å². The van der Waals surface area contributed by atoms with E-state index in [1.54, 1.807) is 6.21 Å². The Hall–Kier alpha value is -3.01. The van der Waals surface area contributed by atoms with Gasteiger partial charge in [0.25, 0.3) is 0 Å². The van der Waals surface area contributed by atoms with Gasteiger partial charge in [0.05, 0.1) is 6.54 Å². The third-order valence-corrected chi connectivity index (χ3v) is 6.15. The normalized spacial score (nSPS) is 12.5. The molecule has 0 aliphatic carbocycles. The lowest BCUT2D eigenvalue weighted by molar-refractivity contribution is 0.904. The largest absolute Gasteiger partial charge is 0.345 e. The second kappa shape index (κ2) is 7.78. The van der Waals surface area contributed by atoms with Crippen molar-refractivity contribution in [3.8, 4) is 0 Å². The molecular formula is C19H12ClN7S2. The summed E-state index contributed by atoms with van der Waals surface area (Å²) >= 11 is 8.97. The topological polar surface area (TPSA) is 92.1 Å². The molecule has 3 aromatic heterocycles. The molecule has 142 valence electrons. The molecule has 0 saturated heterocycles. The molecule has 0 aliphatic rings. The molecule has 3 heterocycles. The van der Waals surface area contributed by atoms with Gasteiger partial charge < -0.3 is 4.98 Å². The lowest BCUT2D eigenvalue weighted by Crippen LogP contribution is -2.05. The molecule has 0 atom stereocenters. The van der Waals surface area contributed by atoms with E-state index in [-0.39, 0.29) is 0 Å². The van der Waals surface area contributed by atoms with E-state index in [0.29, 0.717) is 21.5 Å². The van der Waals surface area contributed by atoms with E-state index >= 15 is 0 Å². The molecule has 1 N–H and O–H groups in total. The Kier molecular flexibility index (Phi) is 4.84. The highest BCUT2D eigenvalue weighted by molar-refractivity contribution is 7.15. The molecule has 0 amide bonds. The Morgan fingerprint density at radius 3 is 2.76 bits per heavy atom. The number of hydrogen-bond acceptors (Lipinski definition) is 8. The van der Waals surface area contributed by atoms with Gasteiger partial charge in [-0.15, -0.1) is 20.4 Å². The summed E-state index contributed by atoms with van der Waals surface area (Å²) in [5.41, 5.74) is 2.73. The van der Waals surface area contributed by atoms with Gasteiger partial charge in [0.1, 0.15) is 15.4 Å². The molecule has 10 heteroatoms. The van der Waals surface area contributed by atoms with Crippen molar-refractivity contribution in [2.24, 2.45) is 9.98 Å². The molecule has 0 spiro atoms. The van der Waals surface area contributed by atoms with Gasteiger partial charge in [0.15, 0.2) is 0 Å². The Labute approximate surface area is 177 Å². The molecule has 29 heavy (non-hydrogen) atoms. The summed E-state index contributed by atoms with van der Waals surface area (Å²) < 4.78 is 0. The number of fused-ring (bicyclic) bond motifs is 3. The van der Waals surface area contributed by atoms with E-state index in [2.05, 4.69) is 35.4 Å². The van der Waals surface area contributed by atoms with Crippen LogP contribution in [0, 0.1) is 0 Å². The number of aromatic nitrogens is 5. The Morgan fingerprint density at radius 2 is 1.83 bits per heavy atom. The first-order valence-corrected chi connectivity index (χ1v) is 10.6. The number of aromatic amines is 1. The Morgan fingerprint density at radius 1 is 0.966 bits per heavy atom. The minimum atomic E-state index is 0.371. The van der Waals surface area contributed by atoms with Crippen molar-refractivity contribution < 1.29 is 0 Å². The minimum Gasteiger partial charge on any atom is -0.345 e. The summed E-state index contributed by atoms with van der Waals surface area (Å²) in [4.78, 5) is 13.7. The molecule has 0 aliphatic heterocycles. The highest BCUT2D eigenvalue weighted by Gasteiger charge is 2.07. The summed E-state index contributed by atoms with van der Waals surface area (Å²) in [6.45, 7) is 0.371. The first kappa shape index (κ1) is 18.0. The fourth-order valence-corrected chi connectivity index (χ4v) is 4.34. The summed E-state index contributed by atoms with van der Waals surface area (Å²) in [7, 11) is 0. The minimum absolute atomic E-state index is 0.371. The van der Waals surface area contributed by atoms with Gasteiger partial charge in [-0.05, 0) is 12.1 Å². The molecule has 2 aromatic carbocycles. The number of H-pyrrole nitrogens is 1. The van der Waals surface area contributed by atoms with Crippen LogP contribution >= 0.6 is 34.3 Å². The fourth-order valence-electron chi connectivity index (χ4n) is 2.74. The molecule has 0 fully saturated rings. The number of para-hydroxylation sites is 1. The van der Waals surface area contributed by atoms with Gasteiger partial charge in [-0.25, -0.2) is 9.98 Å². The first-order chi connectivity index (χ1) is 14.3. The van der Waals surface area contributed by atoms with Gasteiger partial charge >= 0.3 is 0 Å². The molecule has 5 aromatic rings. The zero-order valence-electron chi connectivity index (χ0n) is 14.8. The van der Waals surface area contributed by atoms with Crippen LogP contribution in [0.2, 0.25) is 5.02 Å². The lowest BCUT2D eigenvalue weighted by Gasteiger charge is -1.94. The number of halogens is 1. The van der Waals surface area contributed by atoms with Crippen LogP contribution in [0.4, 0.5) is 5.13 Å². The van der Waals surface area contributed by atoms with Crippen molar-refractivity contribution in [2.75, 3.05) is 0 Å². The number of nitrogens with one attached hydrogen (secondary N) is 1. The summed E-state index contributed by atoms with van der Waals surface area (Å²) in [6.07, 6.45) is 1.68. The summed E-state index contributed by atoms with van der Waals surface area (Å²) in [6, 6.07) is 15.5.